The van der Waals surface area contributed by atoms with Gasteiger partial charge in [0.25, 0.3) is 11.7 Å². The molecule has 0 radical (unpaired) electrons. The molecular formula is C29H34N4O4. The van der Waals surface area contributed by atoms with E-state index in [-0.39, 0.29) is 11.3 Å². The summed E-state index contributed by atoms with van der Waals surface area (Å²) in [5.74, 6) is -1.01. The Bertz CT molecular complexity index is 1290. The summed E-state index contributed by atoms with van der Waals surface area (Å²) >= 11 is 0. The zero-order valence-electron chi connectivity index (χ0n) is 21.8. The van der Waals surface area contributed by atoms with Crippen LogP contribution in [-0.2, 0) is 9.59 Å². The average Bonchev–Trinajstić information content (AvgIpc) is 3.43. The van der Waals surface area contributed by atoms with Crippen LogP contribution < -0.4 is 4.74 Å². The van der Waals surface area contributed by atoms with E-state index in [1.165, 1.54) is 6.20 Å². The average molecular weight is 503 g/mol. The number of rotatable bonds is 10. The van der Waals surface area contributed by atoms with E-state index in [1.54, 1.807) is 22.8 Å². The highest BCUT2D eigenvalue weighted by molar-refractivity contribution is 6.46. The number of nitrogens with zero attached hydrogens (tertiary/aromatic N) is 4. The molecular weight excluding hydrogens is 468 g/mol. The Kier molecular flexibility index (Phi) is 8.08. The lowest BCUT2D eigenvalue weighted by atomic mass is 9.94. The van der Waals surface area contributed by atoms with E-state index < -0.39 is 17.7 Å². The van der Waals surface area contributed by atoms with Crippen molar-refractivity contribution in [3.63, 3.8) is 0 Å². The lowest BCUT2D eigenvalue weighted by Crippen LogP contribution is -2.33. The van der Waals surface area contributed by atoms with Crippen LogP contribution in [0.1, 0.15) is 43.1 Å². The van der Waals surface area contributed by atoms with Crippen molar-refractivity contribution in [3.8, 4) is 11.4 Å². The molecule has 1 aliphatic rings. The molecule has 3 aromatic rings. The molecule has 0 bridgehead atoms. The first kappa shape index (κ1) is 26.2. The predicted molar refractivity (Wildman–Crippen MR) is 143 cm³/mol. The van der Waals surface area contributed by atoms with Gasteiger partial charge < -0.3 is 19.6 Å². The third kappa shape index (κ3) is 5.02. The molecule has 2 heterocycles. The summed E-state index contributed by atoms with van der Waals surface area (Å²) in [6, 6.07) is 16.1. The van der Waals surface area contributed by atoms with Gasteiger partial charge in [-0.15, -0.1) is 0 Å². The molecule has 1 amide bonds. The number of ether oxygens (including phenoxy) is 1. The lowest BCUT2D eigenvalue weighted by molar-refractivity contribution is -0.140. The zero-order valence-corrected chi connectivity index (χ0v) is 21.8. The number of carbonyl (C=O) groups excluding carboxylic acids is 2. The molecule has 0 spiro atoms. The number of hydrogen-bond acceptors (Lipinski definition) is 6. The van der Waals surface area contributed by atoms with Crippen LogP contribution in [0.15, 0.2) is 66.4 Å². The monoisotopic (exact) mass is 502 g/mol. The molecule has 1 N–H and O–H groups in total. The molecule has 2 aromatic carbocycles. The van der Waals surface area contributed by atoms with E-state index in [4.69, 9.17) is 4.74 Å². The molecule has 0 saturated carbocycles. The number of likely N-dealkylation sites (tertiary alicyclic amines) is 1. The van der Waals surface area contributed by atoms with Crippen LogP contribution in [0, 0.1) is 6.92 Å². The molecule has 1 atom stereocenters. The van der Waals surface area contributed by atoms with Gasteiger partial charge in [0.15, 0.2) is 0 Å². The van der Waals surface area contributed by atoms with Gasteiger partial charge in [0.1, 0.15) is 11.5 Å². The summed E-state index contributed by atoms with van der Waals surface area (Å²) in [6.45, 7) is 9.03. The number of aliphatic hydroxyl groups excluding tert-OH is 1. The van der Waals surface area contributed by atoms with Crippen LogP contribution in [0.5, 0.6) is 5.75 Å². The standard InChI is InChI=1S/C29H34N4O4/c1-5-31(6-2)17-12-18-32-26(22-15-10-11-16-24(22)37-4)25(28(35)29(32)36)27(34)23-19-30-33(20(23)3)21-13-8-7-9-14-21/h7-11,13-16,19,26,34H,5-6,12,17-18H2,1-4H3/b27-25+. The van der Waals surface area contributed by atoms with E-state index in [2.05, 4.69) is 23.8 Å². The summed E-state index contributed by atoms with van der Waals surface area (Å²) in [5.41, 5.74) is 2.60. The first-order valence-corrected chi connectivity index (χ1v) is 12.7. The van der Waals surface area contributed by atoms with Crippen LogP contribution in [0.3, 0.4) is 0 Å². The second kappa shape index (κ2) is 11.4. The van der Waals surface area contributed by atoms with Gasteiger partial charge in [0, 0.05) is 12.1 Å². The second-order valence-electron chi connectivity index (χ2n) is 9.01. The minimum Gasteiger partial charge on any atom is -0.507 e. The molecule has 1 saturated heterocycles. The van der Waals surface area contributed by atoms with Crippen molar-refractivity contribution >= 4 is 17.4 Å². The van der Waals surface area contributed by atoms with Gasteiger partial charge in [-0.25, -0.2) is 4.68 Å². The highest BCUT2D eigenvalue weighted by atomic mass is 16.5. The molecule has 37 heavy (non-hydrogen) atoms. The van der Waals surface area contributed by atoms with Gasteiger partial charge in [-0.05, 0) is 51.2 Å². The SMILES string of the molecule is CCN(CC)CCCN1C(=O)C(=O)/C(=C(/O)c2cnn(-c3ccccc3)c2C)C1c1ccccc1OC. The van der Waals surface area contributed by atoms with Gasteiger partial charge in [-0.3, -0.25) is 9.59 Å². The Balaban J connectivity index is 1.80. The number of amides is 1. The molecule has 194 valence electrons. The Morgan fingerprint density at radius 3 is 2.41 bits per heavy atom. The maximum absolute atomic E-state index is 13.4. The topological polar surface area (TPSA) is 87.9 Å². The first-order chi connectivity index (χ1) is 17.9. The minimum absolute atomic E-state index is 0.0491. The van der Waals surface area contributed by atoms with E-state index in [9.17, 15) is 14.7 Å². The van der Waals surface area contributed by atoms with E-state index in [0.717, 1.165) is 25.3 Å². The number of carbonyl (C=O) groups is 2. The van der Waals surface area contributed by atoms with E-state index >= 15 is 0 Å². The quantitative estimate of drug-likeness (QED) is 0.252. The number of hydrogen-bond donors (Lipinski definition) is 1. The number of aliphatic hydroxyl groups is 1. The molecule has 1 fully saturated rings. The normalized spacial score (nSPS) is 17.1. The Morgan fingerprint density at radius 1 is 1.05 bits per heavy atom. The molecule has 8 heteroatoms. The fraction of sp³-hybridized carbons (Fsp3) is 0.345. The Labute approximate surface area is 217 Å². The van der Waals surface area contributed by atoms with Crippen molar-refractivity contribution in [2.75, 3.05) is 33.3 Å². The van der Waals surface area contributed by atoms with Crippen LogP contribution in [0.25, 0.3) is 11.4 Å². The first-order valence-electron chi connectivity index (χ1n) is 12.7. The van der Waals surface area contributed by atoms with Gasteiger partial charge >= 0.3 is 0 Å². The number of aromatic nitrogens is 2. The summed E-state index contributed by atoms with van der Waals surface area (Å²) < 4.78 is 7.30. The van der Waals surface area contributed by atoms with Gasteiger partial charge in [-0.2, -0.15) is 5.10 Å². The van der Waals surface area contributed by atoms with Crippen LogP contribution in [-0.4, -0.2) is 69.7 Å². The van der Waals surface area contributed by atoms with Gasteiger partial charge in [0.2, 0.25) is 0 Å². The van der Waals surface area contributed by atoms with Crippen molar-refractivity contribution < 1.29 is 19.4 Å². The van der Waals surface area contributed by atoms with Crippen molar-refractivity contribution in [3.05, 3.63) is 83.2 Å². The molecule has 4 rings (SSSR count). The van der Waals surface area contributed by atoms with Crippen molar-refractivity contribution in [1.29, 1.82) is 0 Å². The number of benzene rings is 2. The van der Waals surface area contributed by atoms with Crippen molar-refractivity contribution in [2.45, 2.75) is 33.2 Å². The van der Waals surface area contributed by atoms with Crippen LogP contribution >= 0.6 is 0 Å². The van der Waals surface area contributed by atoms with E-state index in [0.29, 0.717) is 35.5 Å². The summed E-state index contributed by atoms with van der Waals surface area (Å²) in [6.07, 6.45) is 2.23. The number of Topliss-reactive ketones (excluding diaryl/α,β-unsaturated/α-hetero) is 1. The minimum atomic E-state index is -0.771. The molecule has 1 unspecified atom stereocenters. The third-order valence-electron chi connectivity index (χ3n) is 7.01. The lowest BCUT2D eigenvalue weighted by Gasteiger charge is -2.27. The Hall–Kier alpha value is -3.91. The van der Waals surface area contributed by atoms with Gasteiger partial charge in [0.05, 0.1) is 41.9 Å². The molecule has 1 aliphatic heterocycles. The van der Waals surface area contributed by atoms with E-state index in [1.807, 2.05) is 55.5 Å². The molecule has 0 aliphatic carbocycles. The molecule has 1 aromatic heterocycles. The predicted octanol–water partition coefficient (Wildman–Crippen LogP) is 4.34. The van der Waals surface area contributed by atoms with Crippen molar-refractivity contribution in [2.24, 2.45) is 0 Å². The molecule has 8 nitrogen and oxygen atoms in total. The summed E-state index contributed by atoms with van der Waals surface area (Å²) in [7, 11) is 1.55. The Morgan fingerprint density at radius 2 is 1.73 bits per heavy atom. The number of ketones is 1. The van der Waals surface area contributed by atoms with Crippen LogP contribution in [0.2, 0.25) is 0 Å². The fourth-order valence-corrected chi connectivity index (χ4v) is 4.95. The number of para-hydroxylation sites is 2. The second-order valence-corrected chi connectivity index (χ2v) is 9.01. The third-order valence-corrected chi connectivity index (χ3v) is 7.01. The smallest absolute Gasteiger partial charge is 0.295 e. The largest absolute Gasteiger partial charge is 0.507 e. The van der Waals surface area contributed by atoms with Gasteiger partial charge in [-0.1, -0.05) is 50.2 Å². The maximum atomic E-state index is 13.4. The maximum Gasteiger partial charge on any atom is 0.295 e. The highest BCUT2D eigenvalue weighted by Gasteiger charge is 2.47. The summed E-state index contributed by atoms with van der Waals surface area (Å²) in [5, 5.41) is 16.0. The number of methoxy groups -OCH3 is 1. The fourth-order valence-electron chi connectivity index (χ4n) is 4.95. The highest BCUT2D eigenvalue weighted by Crippen LogP contribution is 2.43. The zero-order chi connectivity index (χ0) is 26.5. The van der Waals surface area contributed by atoms with Crippen molar-refractivity contribution in [1.82, 2.24) is 19.6 Å². The van der Waals surface area contributed by atoms with Crippen LogP contribution in [0.4, 0.5) is 0 Å². The summed E-state index contributed by atoms with van der Waals surface area (Å²) in [4.78, 5) is 30.6.